The van der Waals surface area contributed by atoms with Gasteiger partial charge in [0.15, 0.2) is 0 Å². The van der Waals surface area contributed by atoms with Crippen molar-refractivity contribution in [3.8, 4) is 0 Å². The SMILES string of the molecule is Cn1cccc1[C@@H]1CCCN1C(=O)NCCNC(=O)C1CC1. The molecular weight excluding hydrogens is 280 g/mol. The Bertz CT molecular complexity index is 550. The van der Waals surface area contributed by atoms with Crippen LogP contribution in [-0.2, 0) is 11.8 Å². The maximum atomic E-state index is 12.3. The first kappa shape index (κ1) is 14.9. The summed E-state index contributed by atoms with van der Waals surface area (Å²) in [7, 11) is 2.01. The summed E-state index contributed by atoms with van der Waals surface area (Å²) >= 11 is 0. The van der Waals surface area contributed by atoms with Gasteiger partial charge in [-0.1, -0.05) is 0 Å². The standard InChI is InChI=1S/C16H24N4O2/c1-19-10-2-4-13(19)14-5-3-11-20(14)16(22)18-9-8-17-15(21)12-6-7-12/h2,4,10,12,14H,3,5-9,11H2,1H3,(H,17,21)(H,18,22)/t14-/m0/s1. The minimum atomic E-state index is -0.0376. The molecule has 0 spiro atoms. The van der Waals surface area contributed by atoms with E-state index in [2.05, 4.69) is 21.3 Å². The summed E-state index contributed by atoms with van der Waals surface area (Å²) in [4.78, 5) is 25.8. The van der Waals surface area contributed by atoms with Gasteiger partial charge in [0.1, 0.15) is 0 Å². The molecule has 0 aromatic carbocycles. The summed E-state index contributed by atoms with van der Waals surface area (Å²) < 4.78 is 2.08. The van der Waals surface area contributed by atoms with Crippen LogP contribution in [0.5, 0.6) is 0 Å². The van der Waals surface area contributed by atoms with Gasteiger partial charge in [-0.25, -0.2) is 4.79 Å². The van der Waals surface area contributed by atoms with Gasteiger partial charge in [0.25, 0.3) is 0 Å². The van der Waals surface area contributed by atoms with Crippen LogP contribution in [0.15, 0.2) is 18.3 Å². The number of rotatable bonds is 5. The van der Waals surface area contributed by atoms with Crippen LogP contribution < -0.4 is 10.6 Å². The zero-order valence-electron chi connectivity index (χ0n) is 13.0. The van der Waals surface area contributed by atoms with E-state index in [1.54, 1.807) is 0 Å². The lowest BCUT2D eigenvalue weighted by Crippen LogP contribution is -2.43. The van der Waals surface area contributed by atoms with E-state index in [0.29, 0.717) is 13.1 Å². The van der Waals surface area contributed by atoms with E-state index < -0.39 is 0 Å². The van der Waals surface area contributed by atoms with Crippen molar-refractivity contribution in [1.82, 2.24) is 20.1 Å². The van der Waals surface area contributed by atoms with Crippen molar-refractivity contribution in [3.05, 3.63) is 24.0 Å². The molecule has 2 N–H and O–H groups in total. The fourth-order valence-electron chi connectivity index (χ4n) is 3.08. The summed E-state index contributed by atoms with van der Waals surface area (Å²) in [6, 6.07) is 4.20. The predicted octanol–water partition coefficient (Wildman–Crippen LogP) is 1.40. The summed E-state index contributed by atoms with van der Waals surface area (Å²) in [5.41, 5.74) is 1.18. The van der Waals surface area contributed by atoms with Crippen LogP contribution in [0.1, 0.15) is 37.4 Å². The number of urea groups is 1. The number of aromatic nitrogens is 1. The first-order chi connectivity index (χ1) is 10.7. The third kappa shape index (κ3) is 3.26. The normalized spacial score (nSPS) is 21.0. The number of amides is 3. The van der Waals surface area contributed by atoms with Crippen molar-refractivity contribution in [2.45, 2.75) is 31.7 Å². The Morgan fingerprint density at radius 1 is 1.23 bits per heavy atom. The summed E-state index contributed by atoms with van der Waals surface area (Å²) in [6.07, 6.45) is 6.05. The van der Waals surface area contributed by atoms with Crippen LogP contribution in [-0.4, -0.2) is 41.0 Å². The molecule has 0 radical (unpaired) electrons. The van der Waals surface area contributed by atoms with Crippen LogP contribution in [0.2, 0.25) is 0 Å². The minimum absolute atomic E-state index is 0.0376. The highest BCUT2D eigenvalue weighted by Crippen LogP contribution is 2.31. The molecular formula is C16H24N4O2. The zero-order valence-corrected chi connectivity index (χ0v) is 13.0. The van der Waals surface area contributed by atoms with Crippen LogP contribution in [0, 0.1) is 5.92 Å². The molecule has 0 bridgehead atoms. The van der Waals surface area contributed by atoms with Crippen LogP contribution in [0.3, 0.4) is 0 Å². The van der Waals surface area contributed by atoms with E-state index in [1.165, 1.54) is 5.69 Å². The molecule has 1 saturated carbocycles. The monoisotopic (exact) mass is 304 g/mol. The van der Waals surface area contributed by atoms with Crippen molar-refractivity contribution < 1.29 is 9.59 Å². The number of hydrogen-bond acceptors (Lipinski definition) is 2. The average Bonchev–Trinajstić information content (AvgIpc) is 3.10. The molecule has 6 heteroatoms. The van der Waals surface area contributed by atoms with Gasteiger partial charge in [0.2, 0.25) is 5.91 Å². The number of nitrogens with zero attached hydrogens (tertiary/aromatic N) is 2. The third-order valence-electron chi connectivity index (χ3n) is 4.49. The Morgan fingerprint density at radius 2 is 2.00 bits per heavy atom. The number of nitrogens with one attached hydrogen (secondary N) is 2. The largest absolute Gasteiger partial charge is 0.354 e. The van der Waals surface area contributed by atoms with Gasteiger partial charge < -0.3 is 20.1 Å². The lowest BCUT2D eigenvalue weighted by Gasteiger charge is -2.25. The van der Waals surface area contributed by atoms with Gasteiger partial charge >= 0.3 is 6.03 Å². The molecule has 0 unspecified atom stereocenters. The van der Waals surface area contributed by atoms with Crippen molar-refractivity contribution in [2.24, 2.45) is 13.0 Å². The Kier molecular flexibility index (Phi) is 4.36. The maximum absolute atomic E-state index is 12.3. The molecule has 1 aromatic heterocycles. The van der Waals surface area contributed by atoms with E-state index in [4.69, 9.17) is 0 Å². The summed E-state index contributed by atoms with van der Waals surface area (Å²) in [5, 5.41) is 5.78. The van der Waals surface area contributed by atoms with E-state index in [-0.39, 0.29) is 23.9 Å². The second-order valence-electron chi connectivity index (χ2n) is 6.19. The highest BCUT2D eigenvalue weighted by molar-refractivity contribution is 5.81. The van der Waals surface area contributed by atoms with Gasteiger partial charge in [0, 0.05) is 44.5 Å². The number of carbonyl (C=O) groups excluding carboxylic acids is 2. The van der Waals surface area contributed by atoms with E-state index in [0.717, 1.165) is 32.2 Å². The van der Waals surface area contributed by atoms with Gasteiger partial charge in [-0.2, -0.15) is 0 Å². The number of likely N-dealkylation sites (tertiary alicyclic amines) is 1. The summed E-state index contributed by atoms with van der Waals surface area (Å²) in [6.45, 7) is 1.77. The fraction of sp³-hybridized carbons (Fsp3) is 0.625. The van der Waals surface area contributed by atoms with Gasteiger partial charge in [-0.15, -0.1) is 0 Å². The minimum Gasteiger partial charge on any atom is -0.354 e. The zero-order chi connectivity index (χ0) is 15.5. The van der Waals surface area contributed by atoms with E-state index in [1.807, 2.05) is 24.2 Å². The molecule has 1 atom stereocenters. The lowest BCUT2D eigenvalue weighted by molar-refractivity contribution is -0.122. The number of hydrogen-bond donors (Lipinski definition) is 2. The second kappa shape index (κ2) is 6.42. The molecule has 2 fully saturated rings. The van der Waals surface area contributed by atoms with Crippen molar-refractivity contribution in [1.29, 1.82) is 0 Å². The first-order valence-corrected chi connectivity index (χ1v) is 8.10. The number of aryl methyl sites for hydroxylation is 1. The first-order valence-electron chi connectivity index (χ1n) is 8.10. The Labute approximate surface area is 130 Å². The predicted molar refractivity (Wildman–Crippen MR) is 83.2 cm³/mol. The molecule has 6 nitrogen and oxygen atoms in total. The second-order valence-corrected chi connectivity index (χ2v) is 6.19. The molecule has 3 amide bonds. The van der Waals surface area contributed by atoms with Crippen LogP contribution in [0.4, 0.5) is 4.79 Å². The average molecular weight is 304 g/mol. The van der Waals surface area contributed by atoms with Crippen molar-refractivity contribution in [3.63, 3.8) is 0 Å². The topological polar surface area (TPSA) is 66.4 Å². The molecule has 3 rings (SSSR count). The lowest BCUT2D eigenvalue weighted by atomic mass is 10.1. The van der Waals surface area contributed by atoms with E-state index >= 15 is 0 Å². The Morgan fingerprint density at radius 3 is 2.68 bits per heavy atom. The summed E-state index contributed by atoms with van der Waals surface area (Å²) in [5.74, 6) is 0.341. The number of carbonyl (C=O) groups is 2. The Balaban J connectivity index is 1.46. The Hall–Kier alpha value is -1.98. The highest BCUT2D eigenvalue weighted by atomic mass is 16.2. The molecule has 22 heavy (non-hydrogen) atoms. The van der Waals surface area contributed by atoms with E-state index in [9.17, 15) is 9.59 Å². The molecule has 1 aliphatic carbocycles. The molecule has 2 heterocycles. The molecule has 120 valence electrons. The fourth-order valence-corrected chi connectivity index (χ4v) is 3.08. The molecule has 1 aromatic rings. The molecule has 1 aliphatic heterocycles. The van der Waals surface area contributed by atoms with Gasteiger partial charge in [0.05, 0.1) is 6.04 Å². The van der Waals surface area contributed by atoms with Crippen molar-refractivity contribution in [2.75, 3.05) is 19.6 Å². The maximum Gasteiger partial charge on any atom is 0.318 e. The quantitative estimate of drug-likeness (QED) is 0.808. The van der Waals surface area contributed by atoms with Crippen molar-refractivity contribution >= 4 is 11.9 Å². The van der Waals surface area contributed by atoms with Crippen LogP contribution in [0.25, 0.3) is 0 Å². The molecule has 2 aliphatic rings. The third-order valence-corrected chi connectivity index (χ3v) is 4.49. The molecule has 1 saturated heterocycles. The smallest absolute Gasteiger partial charge is 0.318 e. The van der Waals surface area contributed by atoms with Crippen LogP contribution >= 0.6 is 0 Å². The van der Waals surface area contributed by atoms with Gasteiger partial charge in [-0.3, -0.25) is 4.79 Å². The van der Waals surface area contributed by atoms with Gasteiger partial charge in [-0.05, 0) is 37.8 Å². The highest BCUT2D eigenvalue weighted by Gasteiger charge is 2.31.